The summed E-state index contributed by atoms with van der Waals surface area (Å²) in [5, 5.41) is 0. The minimum atomic E-state index is 0.448. The smallest absolute Gasteiger partial charge is 0.0114 e. The highest BCUT2D eigenvalue weighted by Crippen LogP contribution is 2.42. The Bertz CT molecular complexity index is 196. The second-order valence-electron chi connectivity index (χ2n) is 4.48. The molecule has 0 saturated heterocycles. The van der Waals surface area contributed by atoms with E-state index in [1.807, 2.05) is 0 Å². The van der Waals surface area contributed by atoms with E-state index in [2.05, 4.69) is 39.5 Å². The lowest BCUT2D eigenvalue weighted by Gasteiger charge is -2.37. The third-order valence-electron chi connectivity index (χ3n) is 3.10. The maximum absolute atomic E-state index is 3.70. The molecular formula is C12H19. The van der Waals surface area contributed by atoms with Crippen LogP contribution in [0.3, 0.4) is 0 Å². The summed E-state index contributed by atoms with van der Waals surface area (Å²) in [6.45, 7) is 10.6. The summed E-state index contributed by atoms with van der Waals surface area (Å²) in [5.74, 6) is 0.670. The Labute approximate surface area is 76.4 Å². The summed E-state index contributed by atoms with van der Waals surface area (Å²) in [6, 6.07) is 0. The van der Waals surface area contributed by atoms with Gasteiger partial charge >= 0.3 is 0 Å². The highest BCUT2D eigenvalue weighted by Gasteiger charge is 2.31. The van der Waals surface area contributed by atoms with Crippen molar-refractivity contribution in [2.24, 2.45) is 11.3 Å². The van der Waals surface area contributed by atoms with Gasteiger partial charge in [0.25, 0.3) is 0 Å². The molecule has 67 valence electrons. The van der Waals surface area contributed by atoms with Gasteiger partial charge < -0.3 is 0 Å². The molecular weight excluding hydrogens is 144 g/mol. The third kappa shape index (κ3) is 1.80. The Hall–Kier alpha value is -0.520. The van der Waals surface area contributed by atoms with Gasteiger partial charge in [0.1, 0.15) is 0 Å². The van der Waals surface area contributed by atoms with E-state index in [1.165, 1.54) is 18.4 Å². The number of hydrogen-bond acceptors (Lipinski definition) is 0. The summed E-state index contributed by atoms with van der Waals surface area (Å²) in [5.41, 5.74) is 1.98. The summed E-state index contributed by atoms with van der Waals surface area (Å²) in [4.78, 5) is 0. The zero-order valence-electron chi connectivity index (χ0n) is 8.48. The van der Waals surface area contributed by atoms with E-state index in [1.54, 1.807) is 0 Å². The Morgan fingerprint density at radius 3 is 2.83 bits per heavy atom. The second-order valence-corrected chi connectivity index (χ2v) is 4.48. The van der Waals surface area contributed by atoms with E-state index in [9.17, 15) is 0 Å². The molecule has 0 aliphatic heterocycles. The molecule has 0 heterocycles. The molecule has 1 aliphatic carbocycles. The molecule has 1 rings (SSSR count). The molecule has 0 bridgehead atoms. The number of hydrogen-bond donors (Lipinski definition) is 0. The molecule has 1 aliphatic rings. The largest absolute Gasteiger partial charge is 0.0956 e. The molecule has 0 aromatic rings. The maximum atomic E-state index is 3.70. The van der Waals surface area contributed by atoms with E-state index >= 15 is 0 Å². The van der Waals surface area contributed by atoms with Crippen LogP contribution in [0.25, 0.3) is 0 Å². The van der Waals surface area contributed by atoms with Gasteiger partial charge in [-0.3, -0.25) is 0 Å². The average molecular weight is 163 g/mol. The molecule has 0 saturated carbocycles. The van der Waals surface area contributed by atoms with Gasteiger partial charge in [0.2, 0.25) is 0 Å². The normalized spacial score (nSPS) is 27.9. The van der Waals surface area contributed by atoms with Crippen molar-refractivity contribution in [1.29, 1.82) is 0 Å². The van der Waals surface area contributed by atoms with Crippen LogP contribution in [-0.2, 0) is 0 Å². The van der Waals surface area contributed by atoms with E-state index in [0.29, 0.717) is 11.3 Å². The first kappa shape index (κ1) is 9.57. The van der Waals surface area contributed by atoms with E-state index in [0.717, 1.165) is 6.42 Å². The highest BCUT2D eigenvalue weighted by atomic mass is 14.4. The first-order valence-corrected chi connectivity index (χ1v) is 4.74. The predicted octanol–water partition coefficient (Wildman–Crippen LogP) is 3.75. The van der Waals surface area contributed by atoms with Crippen LogP contribution < -0.4 is 0 Å². The summed E-state index contributed by atoms with van der Waals surface area (Å²) in [6.07, 6.45) is 8.95. The van der Waals surface area contributed by atoms with Gasteiger partial charge in [0.05, 0.1) is 0 Å². The number of rotatable bonds is 2. The van der Waals surface area contributed by atoms with Crippen LogP contribution >= 0.6 is 0 Å². The second kappa shape index (κ2) is 3.47. The van der Waals surface area contributed by atoms with Gasteiger partial charge in [-0.25, -0.2) is 0 Å². The van der Waals surface area contributed by atoms with Gasteiger partial charge in [-0.2, -0.15) is 0 Å². The molecule has 1 unspecified atom stereocenters. The lowest BCUT2D eigenvalue weighted by Crippen LogP contribution is -2.27. The molecule has 0 N–H and O–H groups in total. The average Bonchev–Trinajstić information content (AvgIpc) is 1.97. The van der Waals surface area contributed by atoms with E-state index in [-0.39, 0.29) is 0 Å². The van der Waals surface area contributed by atoms with Crippen molar-refractivity contribution < 1.29 is 0 Å². The SMILES string of the molecule is C=[C]CC1C(C)=CCCC1(C)C. The lowest BCUT2D eigenvalue weighted by atomic mass is 9.67. The molecule has 0 nitrogen and oxygen atoms in total. The van der Waals surface area contributed by atoms with Gasteiger partial charge in [0.15, 0.2) is 0 Å². The monoisotopic (exact) mass is 163 g/mol. The fourth-order valence-corrected chi connectivity index (χ4v) is 2.19. The molecule has 1 radical (unpaired) electrons. The van der Waals surface area contributed by atoms with Gasteiger partial charge in [-0.15, -0.1) is 0 Å². The fraction of sp³-hybridized carbons (Fsp3) is 0.667. The highest BCUT2D eigenvalue weighted by molar-refractivity contribution is 5.12. The van der Waals surface area contributed by atoms with Crippen LogP contribution in [0.15, 0.2) is 18.2 Å². The molecule has 0 fully saturated rings. The van der Waals surface area contributed by atoms with Crippen LogP contribution in [0.2, 0.25) is 0 Å². The standard InChI is InChI=1S/C12H19/c1-5-7-11-10(2)8-6-9-12(11,3)4/h8,11H,1,6-7,9H2,2-4H3. The van der Waals surface area contributed by atoms with Crippen molar-refractivity contribution in [3.05, 3.63) is 24.3 Å². The fourth-order valence-electron chi connectivity index (χ4n) is 2.19. The minimum absolute atomic E-state index is 0.448. The lowest BCUT2D eigenvalue weighted by molar-refractivity contribution is 0.215. The Kier molecular flexibility index (Phi) is 2.76. The van der Waals surface area contributed by atoms with Gasteiger partial charge in [-0.05, 0) is 37.5 Å². The maximum Gasteiger partial charge on any atom is -0.0114 e. The summed E-state index contributed by atoms with van der Waals surface area (Å²) in [7, 11) is 0. The Balaban J connectivity index is 2.80. The van der Waals surface area contributed by atoms with Crippen LogP contribution in [0, 0.1) is 17.4 Å². The van der Waals surface area contributed by atoms with Crippen molar-refractivity contribution in [2.45, 2.75) is 40.0 Å². The first-order valence-electron chi connectivity index (χ1n) is 4.74. The van der Waals surface area contributed by atoms with Crippen molar-refractivity contribution in [3.63, 3.8) is 0 Å². The Morgan fingerprint density at radius 1 is 1.67 bits per heavy atom. The van der Waals surface area contributed by atoms with Crippen LogP contribution in [0.1, 0.15) is 40.0 Å². The van der Waals surface area contributed by atoms with Gasteiger partial charge in [0, 0.05) is 0 Å². The van der Waals surface area contributed by atoms with E-state index < -0.39 is 0 Å². The van der Waals surface area contributed by atoms with Crippen molar-refractivity contribution >= 4 is 0 Å². The summed E-state index contributed by atoms with van der Waals surface area (Å²) >= 11 is 0. The Morgan fingerprint density at radius 2 is 2.33 bits per heavy atom. The topological polar surface area (TPSA) is 0 Å². The van der Waals surface area contributed by atoms with Crippen molar-refractivity contribution in [3.8, 4) is 0 Å². The third-order valence-corrected chi connectivity index (χ3v) is 3.10. The molecule has 1 atom stereocenters. The van der Waals surface area contributed by atoms with Crippen LogP contribution in [0.4, 0.5) is 0 Å². The van der Waals surface area contributed by atoms with Crippen LogP contribution in [-0.4, -0.2) is 0 Å². The molecule has 0 aromatic heterocycles. The zero-order valence-corrected chi connectivity index (χ0v) is 8.48. The molecule has 0 spiro atoms. The number of allylic oxidation sites excluding steroid dienone is 3. The summed E-state index contributed by atoms with van der Waals surface area (Å²) < 4.78 is 0. The molecule has 12 heavy (non-hydrogen) atoms. The minimum Gasteiger partial charge on any atom is -0.0956 e. The first-order chi connectivity index (χ1) is 5.58. The van der Waals surface area contributed by atoms with Crippen molar-refractivity contribution in [1.82, 2.24) is 0 Å². The predicted molar refractivity (Wildman–Crippen MR) is 53.7 cm³/mol. The molecule has 0 aromatic carbocycles. The van der Waals surface area contributed by atoms with E-state index in [4.69, 9.17) is 0 Å². The van der Waals surface area contributed by atoms with Crippen molar-refractivity contribution in [2.75, 3.05) is 0 Å². The molecule has 0 amide bonds. The van der Waals surface area contributed by atoms with Crippen LogP contribution in [0.5, 0.6) is 0 Å². The molecule has 0 heteroatoms. The van der Waals surface area contributed by atoms with Gasteiger partial charge in [-0.1, -0.05) is 38.2 Å². The zero-order chi connectivity index (χ0) is 9.19. The quantitative estimate of drug-likeness (QED) is 0.544.